The van der Waals surface area contributed by atoms with Crippen molar-refractivity contribution in [2.24, 2.45) is 0 Å². The molecule has 5 rings (SSSR count). The van der Waals surface area contributed by atoms with Crippen molar-refractivity contribution in [1.29, 1.82) is 0 Å². The number of likely N-dealkylation sites (tertiary alicyclic amines) is 1. The molecule has 0 amide bonds. The van der Waals surface area contributed by atoms with E-state index in [0.717, 1.165) is 49.6 Å². The number of piperidine rings is 1. The SMILES string of the molecule is CCc1cccc(CC)c1-c1cc(OC2CCCC2)c(CN2CCC[C@H](c3ccccc3)C2)c(C)n1. The Hall–Kier alpha value is -2.65. The van der Waals surface area contributed by atoms with Crippen LogP contribution in [0.15, 0.2) is 54.6 Å². The highest BCUT2D eigenvalue weighted by molar-refractivity contribution is 5.70. The van der Waals surface area contributed by atoms with Crippen molar-refractivity contribution in [3.05, 3.63) is 82.5 Å². The molecule has 3 aromatic rings. The second kappa shape index (κ2) is 11.6. The minimum absolute atomic E-state index is 0.337. The molecule has 3 heteroatoms. The van der Waals surface area contributed by atoms with Crippen molar-refractivity contribution in [3.8, 4) is 17.0 Å². The third kappa shape index (κ3) is 5.52. The van der Waals surface area contributed by atoms with Gasteiger partial charge in [-0.1, -0.05) is 62.4 Å². The molecule has 1 saturated heterocycles. The lowest BCUT2D eigenvalue weighted by molar-refractivity contribution is 0.183. The fourth-order valence-corrected chi connectivity index (χ4v) is 6.27. The van der Waals surface area contributed by atoms with Crippen molar-refractivity contribution in [1.82, 2.24) is 9.88 Å². The van der Waals surface area contributed by atoms with Crippen LogP contribution in [0.3, 0.4) is 0 Å². The molecule has 2 aliphatic rings. The highest BCUT2D eigenvalue weighted by Crippen LogP contribution is 2.36. The zero-order chi connectivity index (χ0) is 24.9. The summed E-state index contributed by atoms with van der Waals surface area (Å²) in [6, 6.07) is 20.0. The monoisotopic (exact) mass is 482 g/mol. The van der Waals surface area contributed by atoms with Crippen LogP contribution in [0.25, 0.3) is 11.3 Å². The first kappa shape index (κ1) is 25.0. The summed E-state index contributed by atoms with van der Waals surface area (Å²) >= 11 is 0. The molecule has 1 saturated carbocycles. The zero-order valence-corrected chi connectivity index (χ0v) is 22.4. The van der Waals surface area contributed by atoms with E-state index in [-0.39, 0.29) is 0 Å². The van der Waals surface area contributed by atoms with Gasteiger partial charge in [-0.25, -0.2) is 0 Å². The van der Waals surface area contributed by atoms with Gasteiger partial charge >= 0.3 is 0 Å². The molecule has 36 heavy (non-hydrogen) atoms. The average molecular weight is 483 g/mol. The second-order valence-electron chi connectivity index (χ2n) is 10.7. The highest BCUT2D eigenvalue weighted by Gasteiger charge is 2.26. The van der Waals surface area contributed by atoms with Gasteiger partial charge in [0.25, 0.3) is 0 Å². The third-order valence-electron chi connectivity index (χ3n) is 8.30. The summed E-state index contributed by atoms with van der Waals surface area (Å²) in [6.45, 7) is 9.85. The van der Waals surface area contributed by atoms with E-state index in [1.54, 1.807) is 0 Å². The largest absolute Gasteiger partial charge is 0.490 e. The van der Waals surface area contributed by atoms with E-state index in [1.807, 2.05) is 0 Å². The van der Waals surface area contributed by atoms with Gasteiger partial charge in [-0.05, 0) is 87.4 Å². The Morgan fingerprint density at radius 2 is 1.61 bits per heavy atom. The van der Waals surface area contributed by atoms with Gasteiger partial charge in [0.15, 0.2) is 0 Å². The lowest BCUT2D eigenvalue weighted by Crippen LogP contribution is -2.34. The lowest BCUT2D eigenvalue weighted by atomic mass is 9.90. The maximum atomic E-state index is 6.78. The molecule has 1 aliphatic carbocycles. The molecule has 3 nitrogen and oxygen atoms in total. The maximum absolute atomic E-state index is 6.78. The fourth-order valence-electron chi connectivity index (χ4n) is 6.27. The van der Waals surface area contributed by atoms with Gasteiger partial charge in [0.2, 0.25) is 0 Å². The van der Waals surface area contributed by atoms with Gasteiger partial charge in [0, 0.05) is 36.0 Å². The van der Waals surface area contributed by atoms with Gasteiger partial charge in [-0.3, -0.25) is 9.88 Å². The number of aromatic nitrogens is 1. The fraction of sp³-hybridized carbons (Fsp3) is 0.485. The summed E-state index contributed by atoms with van der Waals surface area (Å²) in [5.41, 5.74) is 9.03. The Morgan fingerprint density at radius 3 is 2.31 bits per heavy atom. The van der Waals surface area contributed by atoms with E-state index >= 15 is 0 Å². The minimum Gasteiger partial charge on any atom is -0.490 e. The first-order valence-electron chi connectivity index (χ1n) is 14.2. The number of hydrogen-bond donors (Lipinski definition) is 0. The van der Waals surface area contributed by atoms with Crippen LogP contribution in [0.5, 0.6) is 5.75 Å². The number of aryl methyl sites for hydroxylation is 3. The summed E-state index contributed by atoms with van der Waals surface area (Å²) in [6.07, 6.45) is 9.77. The smallest absolute Gasteiger partial charge is 0.128 e. The average Bonchev–Trinajstić information content (AvgIpc) is 3.43. The number of rotatable bonds is 8. The molecule has 2 heterocycles. The second-order valence-corrected chi connectivity index (χ2v) is 10.7. The Balaban J connectivity index is 1.48. The molecule has 1 atom stereocenters. The first-order valence-corrected chi connectivity index (χ1v) is 14.2. The molecular weight excluding hydrogens is 440 g/mol. The van der Waals surface area contributed by atoms with Gasteiger partial charge in [-0.2, -0.15) is 0 Å². The van der Waals surface area contributed by atoms with Crippen LogP contribution >= 0.6 is 0 Å². The molecule has 0 radical (unpaired) electrons. The molecule has 0 bridgehead atoms. The molecule has 1 aromatic heterocycles. The van der Waals surface area contributed by atoms with Crippen LogP contribution in [0.2, 0.25) is 0 Å². The van der Waals surface area contributed by atoms with Crippen LogP contribution < -0.4 is 4.74 Å². The van der Waals surface area contributed by atoms with E-state index in [1.165, 1.54) is 66.3 Å². The molecule has 0 N–H and O–H groups in total. The van der Waals surface area contributed by atoms with E-state index in [9.17, 15) is 0 Å². The lowest BCUT2D eigenvalue weighted by Gasteiger charge is -2.34. The predicted octanol–water partition coefficient (Wildman–Crippen LogP) is 7.88. The Morgan fingerprint density at radius 1 is 0.889 bits per heavy atom. The number of nitrogens with zero attached hydrogens (tertiary/aromatic N) is 2. The minimum atomic E-state index is 0.337. The topological polar surface area (TPSA) is 25.4 Å². The summed E-state index contributed by atoms with van der Waals surface area (Å²) in [5, 5.41) is 0. The van der Waals surface area contributed by atoms with Crippen LogP contribution in [0.4, 0.5) is 0 Å². The van der Waals surface area contributed by atoms with E-state index in [0.29, 0.717) is 12.0 Å². The number of benzene rings is 2. The van der Waals surface area contributed by atoms with Crippen LogP contribution in [-0.4, -0.2) is 29.1 Å². The van der Waals surface area contributed by atoms with Crippen LogP contribution in [0, 0.1) is 6.92 Å². The Kier molecular flexibility index (Phi) is 8.06. The molecule has 0 unspecified atom stereocenters. The van der Waals surface area contributed by atoms with Crippen molar-refractivity contribution in [2.45, 2.75) is 90.7 Å². The summed E-state index contributed by atoms with van der Waals surface area (Å²) in [5.74, 6) is 1.68. The normalized spacial score (nSPS) is 19.0. The van der Waals surface area contributed by atoms with Crippen molar-refractivity contribution in [3.63, 3.8) is 0 Å². The molecule has 2 fully saturated rings. The summed E-state index contributed by atoms with van der Waals surface area (Å²) in [4.78, 5) is 7.86. The van der Waals surface area contributed by atoms with Crippen LogP contribution in [-0.2, 0) is 19.4 Å². The van der Waals surface area contributed by atoms with Gasteiger partial charge in [0.1, 0.15) is 5.75 Å². The molecule has 190 valence electrons. The number of hydrogen-bond acceptors (Lipinski definition) is 3. The third-order valence-corrected chi connectivity index (χ3v) is 8.30. The highest BCUT2D eigenvalue weighted by atomic mass is 16.5. The number of pyridine rings is 1. The van der Waals surface area contributed by atoms with Crippen molar-refractivity contribution < 1.29 is 4.74 Å². The van der Waals surface area contributed by atoms with Crippen molar-refractivity contribution in [2.75, 3.05) is 13.1 Å². The summed E-state index contributed by atoms with van der Waals surface area (Å²) in [7, 11) is 0. The number of ether oxygens (including phenoxy) is 1. The van der Waals surface area contributed by atoms with E-state index in [4.69, 9.17) is 9.72 Å². The Bertz CT molecular complexity index is 1130. The molecule has 2 aromatic carbocycles. The van der Waals surface area contributed by atoms with Gasteiger partial charge in [-0.15, -0.1) is 0 Å². The zero-order valence-electron chi connectivity index (χ0n) is 22.4. The van der Waals surface area contributed by atoms with E-state index < -0.39 is 0 Å². The van der Waals surface area contributed by atoms with Crippen molar-refractivity contribution >= 4 is 0 Å². The Labute approximate surface area is 217 Å². The van der Waals surface area contributed by atoms with Crippen LogP contribution in [0.1, 0.15) is 86.2 Å². The predicted molar refractivity (Wildman–Crippen MR) is 150 cm³/mol. The van der Waals surface area contributed by atoms with Gasteiger partial charge in [0.05, 0.1) is 11.8 Å². The summed E-state index contributed by atoms with van der Waals surface area (Å²) < 4.78 is 6.78. The maximum Gasteiger partial charge on any atom is 0.128 e. The molecular formula is C33H42N2O. The first-order chi connectivity index (χ1) is 17.7. The molecule has 0 spiro atoms. The van der Waals surface area contributed by atoms with Gasteiger partial charge < -0.3 is 4.74 Å². The molecule has 1 aliphatic heterocycles. The quantitative estimate of drug-likeness (QED) is 0.326. The standard InChI is InChI=1S/C33H42N2O/c1-4-25-15-11-16-26(5-2)33(25)31-21-32(36-29-18-9-10-19-29)30(24(3)34-31)23-35-20-12-17-28(22-35)27-13-7-6-8-14-27/h6-8,11,13-16,21,28-29H,4-5,9-10,12,17-20,22-23H2,1-3H3/t28-/m0/s1. The van der Waals surface area contributed by atoms with E-state index in [2.05, 4.69) is 80.3 Å².